The van der Waals surface area contributed by atoms with E-state index in [1.807, 2.05) is 37.3 Å². The molecule has 0 aromatic heterocycles. The van der Waals surface area contributed by atoms with Crippen molar-refractivity contribution in [2.75, 3.05) is 0 Å². The Morgan fingerprint density at radius 1 is 1.17 bits per heavy atom. The monoisotopic (exact) mass is 414 g/mol. The fourth-order valence-corrected chi connectivity index (χ4v) is 5.57. The molecular weight excluding hydrogens is 380 g/mol. The second kappa shape index (κ2) is 7.60. The number of rotatable bonds is 8. The van der Waals surface area contributed by atoms with E-state index in [4.69, 9.17) is 4.74 Å². The minimum atomic E-state index is -1.41. The van der Waals surface area contributed by atoms with E-state index in [0.717, 1.165) is 18.4 Å². The molecular formula is C25H34O5. The number of hydrogen-bond acceptors (Lipinski definition) is 5. The van der Waals surface area contributed by atoms with E-state index in [1.165, 1.54) is 13.8 Å². The summed E-state index contributed by atoms with van der Waals surface area (Å²) >= 11 is 0. The minimum absolute atomic E-state index is 0.0224. The topological polar surface area (TPSA) is 80.7 Å². The Bertz CT molecular complexity index is 844. The fraction of sp³-hybridized carbons (Fsp3) is 0.640. The predicted octanol–water partition coefficient (Wildman–Crippen LogP) is 4.25. The molecule has 2 bridgehead atoms. The van der Waals surface area contributed by atoms with Crippen molar-refractivity contribution in [2.24, 2.45) is 22.2 Å². The van der Waals surface area contributed by atoms with Crippen LogP contribution in [0.25, 0.3) is 0 Å². The third kappa shape index (κ3) is 3.31. The highest BCUT2D eigenvalue weighted by atomic mass is 16.5. The van der Waals surface area contributed by atoms with Gasteiger partial charge in [-0.1, -0.05) is 51.1 Å². The van der Waals surface area contributed by atoms with Gasteiger partial charge in [0.1, 0.15) is 23.4 Å². The highest BCUT2D eigenvalue weighted by Crippen LogP contribution is 2.70. The average molecular weight is 415 g/mol. The van der Waals surface area contributed by atoms with Crippen LogP contribution >= 0.6 is 0 Å². The summed E-state index contributed by atoms with van der Waals surface area (Å²) in [7, 11) is 0. The molecule has 0 unspecified atom stereocenters. The number of carbonyl (C=O) groups excluding carboxylic acids is 3. The molecule has 1 aromatic carbocycles. The fourth-order valence-electron chi connectivity index (χ4n) is 5.57. The number of aliphatic hydroxyl groups is 1. The second-order valence-electron chi connectivity index (χ2n) is 10.2. The molecule has 0 amide bonds. The number of benzene rings is 1. The standard InChI is InChI=1S/C25H34O5/c1-17(26)23(4,21(28)30-16-18-9-7-6-8-10-18)13-12-20(27)25(29)15-19-11-14-24(25,5)22(19,2)3/h6-10,19,29H,11-16H2,1-5H3/t19-,23-,24-,25+/m1/s1. The van der Waals surface area contributed by atoms with Crippen LogP contribution in [-0.4, -0.2) is 28.2 Å². The molecule has 2 aliphatic rings. The Kier molecular flexibility index (Phi) is 5.74. The first-order valence-electron chi connectivity index (χ1n) is 10.9. The largest absolute Gasteiger partial charge is 0.460 e. The molecule has 0 spiro atoms. The van der Waals surface area contributed by atoms with Crippen molar-refractivity contribution >= 4 is 17.5 Å². The number of fused-ring (bicyclic) bond motifs is 2. The molecule has 0 radical (unpaired) electrons. The molecule has 1 N–H and O–H groups in total. The van der Waals surface area contributed by atoms with Crippen LogP contribution in [0.4, 0.5) is 0 Å². The van der Waals surface area contributed by atoms with Crippen LogP contribution in [0.5, 0.6) is 0 Å². The lowest BCUT2D eigenvalue weighted by Crippen LogP contribution is -2.53. The zero-order valence-corrected chi connectivity index (χ0v) is 18.8. The minimum Gasteiger partial charge on any atom is -0.460 e. The van der Waals surface area contributed by atoms with Crippen molar-refractivity contribution in [3.63, 3.8) is 0 Å². The Hall–Kier alpha value is -2.01. The Morgan fingerprint density at radius 3 is 2.30 bits per heavy atom. The Morgan fingerprint density at radius 2 is 1.80 bits per heavy atom. The van der Waals surface area contributed by atoms with Crippen LogP contribution in [0.2, 0.25) is 0 Å². The van der Waals surface area contributed by atoms with Crippen molar-refractivity contribution in [3.05, 3.63) is 35.9 Å². The molecule has 164 valence electrons. The molecule has 1 aromatic rings. The van der Waals surface area contributed by atoms with Crippen molar-refractivity contribution < 1.29 is 24.2 Å². The van der Waals surface area contributed by atoms with E-state index < -0.39 is 22.4 Å². The summed E-state index contributed by atoms with van der Waals surface area (Å²) in [5, 5.41) is 11.4. The maximum absolute atomic E-state index is 13.2. The van der Waals surface area contributed by atoms with Crippen LogP contribution in [0.15, 0.2) is 30.3 Å². The number of Topliss-reactive ketones (excluding diaryl/α,β-unsaturated/α-hetero) is 2. The van der Waals surface area contributed by atoms with Gasteiger partial charge in [0.05, 0.1) is 0 Å². The van der Waals surface area contributed by atoms with Gasteiger partial charge in [0, 0.05) is 11.8 Å². The molecule has 5 heteroatoms. The van der Waals surface area contributed by atoms with Gasteiger partial charge in [-0.25, -0.2) is 0 Å². The van der Waals surface area contributed by atoms with Gasteiger partial charge < -0.3 is 9.84 Å². The zero-order chi connectivity index (χ0) is 22.4. The van der Waals surface area contributed by atoms with Crippen molar-refractivity contribution in [2.45, 2.75) is 78.9 Å². The van der Waals surface area contributed by atoms with Crippen LogP contribution in [0, 0.1) is 22.2 Å². The van der Waals surface area contributed by atoms with E-state index in [2.05, 4.69) is 13.8 Å². The van der Waals surface area contributed by atoms with Gasteiger partial charge in [-0.3, -0.25) is 14.4 Å². The third-order valence-electron chi connectivity index (χ3n) is 8.64. The highest BCUT2D eigenvalue weighted by molar-refractivity contribution is 6.03. The number of hydrogen-bond donors (Lipinski definition) is 1. The zero-order valence-electron chi connectivity index (χ0n) is 18.8. The van der Waals surface area contributed by atoms with E-state index in [-0.39, 0.29) is 36.4 Å². The number of esters is 1. The highest BCUT2D eigenvalue weighted by Gasteiger charge is 2.70. The van der Waals surface area contributed by atoms with Crippen LogP contribution in [-0.2, 0) is 25.7 Å². The van der Waals surface area contributed by atoms with E-state index in [9.17, 15) is 19.5 Å². The molecule has 2 aliphatic carbocycles. The second-order valence-corrected chi connectivity index (χ2v) is 10.2. The van der Waals surface area contributed by atoms with Crippen molar-refractivity contribution in [1.29, 1.82) is 0 Å². The molecule has 0 aliphatic heterocycles. The van der Waals surface area contributed by atoms with Crippen LogP contribution < -0.4 is 0 Å². The lowest BCUT2D eigenvalue weighted by atomic mass is 9.62. The van der Waals surface area contributed by atoms with Gasteiger partial charge in [0.25, 0.3) is 0 Å². The summed E-state index contributed by atoms with van der Waals surface area (Å²) in [4.78, 5) is 38.3. The van der Waals surface area contributed by atoms with Crippen molar-refractivity contribution in [3.8, 4) is 0 Å². The van der Waals surface area contributed by atoms with E-state index >= 15 is 0 Å². The van der Waals surface area contributed by atoms with Gasteiger partial charge in [-0.2, -0.15) is 0 Å². The first kappa shape index (κ1) is 22.7. The van der Waals surface area contributed by atoms with Gasteiger partial charge in [0.15, 0.2) is 5.78 Å². The molecule has 0 heterocycles. The first-order chi connectivity index (χ1) is 13.9. The van der Waals surface area contributed by atoms with Gasteiger partial charge >= 0.3 is 5.97 Å². The Labute approximate surface area is 179 Å². The molecule has 30 heavy (non-hydrogen) atoms. The average Bonchev–Trinajstić information content (AvgIpc) is 3.02. The summed E-state index contributed by atoms with van der Waals surface area (Å²) in [6.07, 6.45) is 2.32. The molecule has 0 saturated heterocycles. The molecule has 4 atom stereocenters. The third-order valence-corrected chi connectivity index (χ3v) is 8.64. The lowest BCUT2D eigenvalue weighted by molar-refractivity contribution is -0.162. The normalized spacial score (nSPS) is 31.2. The van der Waals surface area contributed by atoms with Crippen molar-refractivity contribution in [1.82, 2.24) is 0 Å². The van der Waals surface area contributed by atoms with E-state index in [1.54, 1.807) is 0 Å². The molecule has 3 rings (SSSR count). The maximum Gasteiger partial charge on any atom is 0.319 e. The SMILES string of the molecule is CC(=O)[C@@](C)(CCC(=O)[C@@]1(O)C[C@H]2CC[C@]1(C)C2(C)C)C(=O)OCc1ccccc1. The van der Waals surface area contributed by atoms with Gasteiger partial charge in [0.2, 0.25) is 0 Å². The summed E-state index contributed by atoms with van der Waals surface area (Å²) in [6, 6.07) is 9.26. The number of ether oxygens (including phenoxy) is 1. The lowest BCUT2D eigenvalue weighted by Gasteiger charge is -2.44. The summed E-state index contributed by atoms with van der Waals surface area (Å²) < 4.78 is 5.41. The van der Waals surface area contributed by atoms with Gasteiger partial charge in [-0.05, 0) is 56.4 Å². The maximum atomic E-state index is 13.2. The summed E-state index contributed by atoms with van der Waals surface area (Å²) in [5.41, 5.74) is -2.57. The van der Waals surface area contributed by atoms with E-state index in [0.29, 0.717) is 12.3 Å². The molecule has 5 nitrogen and oxygen atoms in total. The predicted molar refractivity (Wildman–Crippen MR) is 113 cm³/mol. The molecule has 2 saturated carbocycles. The van der Waals surface area contributed by atoms with Crippen LogP contribution in [0.1, 0.15) is 72.3 Å². The first-order valence-corrected chi connectivity index (χ1v) is 10.9. The quantitative estimate of drug-likeness (QED) is 0.508. The van der Waals surface area contributed by atoms with Gasteiger partial charge in [-0.15, -0.1) is 0 Å². The summed E-state index contributed by atoms with van der Waals surface area (Å²) in [6.45, 7) is 9.25. The molecule has 2 fully saturated rings. The smallest absolute Gasteiger partial charge is 0.319 e. The van der Waals surface area contributed by atoms with Crippen LogP contribution in [0.3, 0.4) is 0 Å². The number of ketones is 2. The Balaban J connectivity index is 1.69. The summed E-state index contributed by atoms with van der Waals surface area (Å²) in [5.74, 6) is -0.909. The number of carbonyl (C=O) groups is 3.